The molecular weight excluding hydrogens is 317 g/mol. The van der Waals surface area contributed by atoms with E-state index < -0.39 is 0 Å². The molecule has 0 amide bonds. The largest absolute Gasteiger partial charge is 0.465 e. The molecule has 0 N–H and O–H groups in total. The number of ether oxygens (including phenoxy) is 1. The fraction of sp³-hybridized carbons (Fsp3) is 0.417. The molecule has 1 heterocycles. The highest BCUT2D eigenvalue weighted by molar-refractivity contribution is 14.1. The first kappa shape index (κ1) is 11.7. The van der Waals surface area contributed by atoms with E-state index in [2.05, 4.69) is 27.5 Å². The number of para-hydroxylation sites is 1. The van der Waals surface area contributed by atoms with Gasteiger partial charge in [0, 0.05) is 16.7 Å². The van der Waals surface area contributed by atoms with Crippen LogP contribution in [0.5, 0.6) is 0 Å². The molecule has 4 heteroatoms. The Balaban J connectivity index is 2.43. The lowest BCUT2D eigenvalue weighted by molar-refractivity contribution is 0.0601. The van der Waals surface area contributed by atoms with E-state index >= 15 is 0 Å². The van der Waals surface area contributed by atoms with Crippen LogP contribution >= 0.6 is 22.6 Å². The lowest BCUT2D eigenvalue weighted by Gasteiger charge is -2.21. The summed E-state index contributed by atoms with van der Waals surface area (Å²) in [5.41, 5.74) is 1.71. The molecule has 2 rings (SSSR count). The van der Waals surface area contributed by atoms with Gasteiger partial charge in [0.05, 0.1) is 18.4 Å². The topological polar surface area (TPSA) is 29.5 Å². The first-order valence-electron chi connectivity index (χ1n) is 5.36. The highest BCUT2D eigenvalue weighted by atomic mass is 127. The van der Waals surface area contributed by atoms with Crippen LogP contribution in [0.25, 0.3) is 0 Å². The molecule has 1 aliphatic heterocycles. The monoisotopic (exact) mass is 331 g/mol. The minimum absolute atomic E-state index is 0.250. The van der Waals surface area contributed by atoms with Crippen molar-refractivity contribution in [2.75, 3.05) is 25.1 Å². The molecule has 0 radical (unpaired) electrons. The lowest BCUT2D eigenvalue weighted by Crippen LogP contribution is -2.22. The first-order valence-corrected chi connectivity index (χ1v) is 6.43. The Kier molecular flexibility index (Phi) is 3.68. The standard InChI is InChI=1S/C12H14INO2/c1-16-12(15)9-5-4-6-10(13)11(9)14-7-2-3-8-14/h4-6H,2-3,7-8H2,1H3. The summed E-state index contributed by atoms with van der Waals surface area (Å²) in [4.78, 5) is 14.0. The second-order valence-corrected chi connectivity index (χ2v) is 4.98. The lowest BCUT2D eigenvalue weighted by atomic mass is 10.1. The molecule has 0 aromatic heterocycles. The van der Waals surface area contributed by atoms with Crippen molar-refractivity contribution in [3.8, 4) is 0 Å². The molecule has 1 aromatic rings. The van der Waals surface area contributed by atoms with Crippen LogP contribution in [-0.4, -0.2) is 26.2 Å². The van der Waals surface area contributed by atoms with Crippen LogP contribution in [0, 0.1) is 3.57 Å². The SMILES string of the molecule is COC(=O)c1cccc(I)c1N1CCCC1. The van der Waals surface area contributed by atoms with E-state index in [1.165, 1.54) is 20.0 Å². The fourth-order valence-corrected chi connectivity index (χ4v) is 2.89. The molecule has 1 aromatic carbocycles. The third-order valence-corrected chi connectivity index (χ3v) is 3.68. The molecule has 86 valence electrons. The van der Waals surface area contributed by atoms with Crippen molar-refractivity contribution in [1.29, 1.82) is 0 Å². The van der Waals surface area contributed by atoms with Gasteiger partial charge in [0.25, 0.3) is 0 Å². The second-order valence-electron chi connectivity index (χ2n) is 3.82. The van der Waals surface area contributed by atoms with Gasteiger partial charge in [-0.15, -0.1) is 0 Å². The molecule has 3 nitrogen and oxygen atoms in total. The number of benzene rings is 1. The van der Waals surface area contributed by atoms with E-state index in [0.29, 0.717) is 5.56 Å². The van der Waals surface area contributed by atoms with Gasteiger partial charge in [-0.2, -0.15) is 0 Å². The average molecular weight is 331 g/mol. The summed E-state index contributed by atoms with van der Waals surface area (Å²) >= 11 is 2.28. The summed E-state index contributed by atoms with van der Waals surface area (Å²) in [5, 5.41) is 0. The van der Waals surface area contributed by atoms with Gasteiger partial charge in [-0.1, -0.05) is 6.07 Å². The van der Waals surface area contributed by atoms with Gasteiger partial charge in [0.15, 0.2) is 0 Å². The number of anilines is 1. The zero-order valence-corrected chi connectivity index (χ0v) is 11.4. The highest BCUT2D eigenvalue weighted by Gasteiger charge is 2.21. The molecule has 0 unspecified atom stereocenters. The molecule has 0 saturated carbocycles. The molecule has 0 spiro atoms. The van der Waals surface area contributed by atoms with Gasteiger partial charge in [0.1, 0.15) is 0 Å². The number of hydrogen-bond donors (Lipinski definition) is 0. The maximum Gasteiger partial charge on any atom is 0.340 e. The molecule has 0 atom stereocenters. The van der Waals surface area contributed by atoms with Crippen molar-refractivity contribution in [3.63, 3.8) is 0 Å². The Bertz CT molecular complexity index is 400. The molecule has 0 aliphatic carbocycles. The maximum absolute atomic E-state index is 11.7. The zero-order chi connectivity index (χ0) is 11.5. The van der Waals surface area contributed by atoms with Crippen molar-refractivity contribution >= 4 is 34.2 Å². The van der Waals surface area contributed by atoms with E-state index in [1.807, 2.05) is 18.2 Å². The van der Waals surface area contributed by atoms with Crippen LogP contribution < -0.4 is 4.90 Å². The molecule has 1 saturated heterocycles. The van der Waals surface area contributed by atoms with E-state index in [4.69, 9.17) is 4.74 Å². The number of hydrogen-bond acceptors (Lipinski definition) is 3. The number of rotatable bonds is 2. The van der Waals surface area contributed by atoms with Crippen LogP contribution in [0.3, 0.4) is 0 Å². The van der Waals surface area contributed by atoms with Gasteiger partial charge >= 0.3 is 5.97 Å². The number of halogens is 1. The number of nitrogens with zero attached hydrogens (tertiary/aromatic N) is 1. The van der Waals surface area contributed by atoms with Crippen molar-refractivity contribution in [2.24, 2.45) is 0 Å². The van der Waals surface area contributed by atoms with E-state index in [0.717, 1.165) is 22.3 Å². The molecule has 16 heavy (non-hydrogen) atoms. The van der Waals surface area contributed by atoms with Crippen LogP contribution in [0.4, 0.5) is 5.69 Å². The molecular formula is C12H14INO2. The smallest absolute Gasteiger partial charge is 0.340 e. The predicted octanol–water partition coefficient (Wildman–Crippen LogP) is 2.68. The van der Waals surface area contributed by atoms with Gasteiger partial charge < -0.3 is 9.64 Å². The van der Waals surface area contributed by atoms with Crippen molar-refractivity contribution in [2.45, 2.75) is 12.8 Å². The summed E-state index contributed by atoms with van der Waals surface area (Å²) in [6.45, 7) is 2.06. The summed E-state index contributed by atoms with van der Waals surface area (Å²) < 4.78 is 5.94. The maximum atomic E-state index is 11.7. The average Bonchev–Trinajstić information content (AvgIpc) is 2.81. The van der Waals surface area contributed by atoms with Gasteiger partial charge in [-0.3, -0.25) is 0 Å². The van der Waals surface area contributed by atoms with Gasteiger partial charge in [-0.25, -0.2) is 4.79 Å². The fourth-order valence-electron chi connectivity index (χ4n) is 2.05. The third kappa shape index (κ3) is 2.16. The minimum Gasteiger partial charge on any atom is -0.465 e. The van der Waals surface area contributed by atoms with Gasteiger partial charge in [-0.05, 0) is 47.6 Å². The Hall–Kier alpha value is -0.780. The predicted molar refractivity (Wildman–Crippen MR) is 71.9 cm³/mol. The molecule has 0 bridgehead atoms. The Morgan fingerprint density at radius 1 is 1.38 bits per heavy atom. The highest BCUT2D eigenvalue weighted by Crippen LogP contribution is 2.30. The first-order chi connectivity index (χ1) is 7.74. The van der Waals surface area contributed by atoms with Crippen LogP contribution in [-0.2, 0) is 4.74 Å². The zero-order valence-electron chi connectivity index (χ0n) is 9.20. The Morgan fingerprint density at radius 3 is 2.69 bits per heavy atom. The van der Waals surface area contributed by atoms with E-state index in [-0.39, 0.29) is 5.97 Å². The van der Waals surface area contributed by atoms with E-state index in [9.17, 15) is 4.79 Å². The van der Waals surface area contributed by atoms with E-state index in [1.54, 1.807) is 0 Å². The van der Waals surface area contributed by atoms with Crippen LogP contribution in [0.1, 0.15) is 23.2 Å². The quantitative estimate of drug-likeness (QED) is 0.616. The van der Waals surface area contributed by atoms with Crippen molar-refractivity contribution in [3.05, 3.63) is 27.3 Å². The van der Waals surface area contributed by atoms with Crippen LogP contribution in [0.2, 0.25) is 0 Å². The number of esters is 1. The summed E-state index contributed by atoms with van der Waals surface area (Å²) in [6.07, 6.45) is 2.40. The summed E-state index contributed by atoms with van der Waals surface area (Å²) in [7, 11) is 1.43. The second kappa shape index (κ2) is 5.03. The van der Waals surface area contributed by atoms with Crippen molar-refractivity contribution in [1.82, 2.24) is 0 Å². The minimum atomic E-state index is -0.250. The number of carbonyl (C=O) groups is 1. The number of methoxy groups -OCH3 is 1. The van der Waals surface area contributed by atoms with Gasteiger partial charge in [0.2, 0.25) is 0 Å². The third-order valence-electron chi connectivity index (χ3n) is 2.81. The van der Waals surface area contributed by atoms with Crippen molar-refractivity contribution < 1.29 is 9.53 Å². The summed E-state index contributed by atoms with van der Waals surface area (Å²) in [6, 6.07) is 5.76. The summed E-state index contributed by atoms with van der Waals surface area (Å²) in [5.74, 6) is -0.250. The molecule has 1 aliphatic rings. The number of carbonyl (C=O) groups excluding carboxylic acids is 1. The Labute approximate surface area is 109 Å². The van der Waals surface area contributed by atoms with Crippen LogP contribution in [0.15, 0.2) is 18.2 Å². The Morgan fingerprint density at radius 2 is 2.06 bits per heavy atom. The molecule has 1 fully saturated rings. The normalized spacial score (nSPS) is 15.2.